The first kappa shape index (κ1) is 13.4. The summed E-state index contributed by atoms with van der Waals surface area (Å²) in [6.07, 6.45) is 0. The molecule has 18 heavy (non-hydrogen) atoms. The van der Waals surface area contributed by atoms with E-state index in [4.69, 9.17) is 8.10 Å². The monoisotopic (exact) mass is 275 g/mol. The van der Waals surface area contributed by atoms with Gasteiger partial charge in [-0.2, -0.15) is 0 Å². The van der Waals surface area contributed by atoms with Gasteiger partial charge in [-0.05, 0) is 0 Å². The molecule has 0 spiro atoms. The lowest BCUT2D eigenvalue weighted by Crippen LogP contribution is -2.43. The molecule has 1 unspecified atom stereocenters. The van der Waals surface area contributed by atoms with Crippen molar-refractivity contribution in [3.8, 4) is 0 Å². The van der Waals surface area contributed by atoms with Crippen molar-refractivity contribution in [1.29, 1.82) is 0 Å². The molecule has 0 amide bonds. The molecule has 0 aromatic heterocycles. The molecular formula is C13H13AlO3P+. The third kappa shape index (κ3) is 3.49. The summed E-state index contributed by atoms with van der Waals surface area (Å²) < 4.78 is 24.0. The van der Waals surface area contributed by atoms with Crippen LogP contribution in [0.2, 0.25) is 0 Å². The van der Waals surface area contributed by atoms with Crippen molar-refractivity contribution < 1.29 is 12.7 Å². The smallest absolute Gasteiger partial charge is 0.252 e. The fourth-order valence-corrected chi connectivity index (χ4v) is 5.23. The van der Waals surface area contributed by atoms with Gasteiger partial charge in [0.25, 0.3) is 0 Å². The second-order valence-corrected chi connectivity index (χ2v) is 7.46. The van der Waals surface area contributed by atoms with Crippen LogP contribution in [0, 0.1) is 0 Å². The first-order chi connectivity index (χ1) is 8.81. The van der Waals surface area contributed by atoms with E-state index in [0.29, 0.717) is 0 Å². The van der Waals surface area contributed by atoms with Crippen LogP contribution in [0.3, 0.4) is 0 Å². The lowest BCUT2D eigenvalue weighted by molar-refractivity contribution is 0.353. The van der Waals surface area contributed by atoms with Gasteiger partial charge in [-0.1, -0.05) is 69.5 Å². The highest BCUT2D eigenvalue weighted by Crippen LogP contribution is 2.22. The lowest BCUT2D eigenvalue weighted by Gasteiger charge is -2.05. The van der Waals surface area contributed by atoms with Crippen molar-refractivity contribution >= 4 is 31.6 Å². The van der Waals surface area contributed by atoms with Crippen molar-refractivity contribution in [2.45, 2.75) is 0 Å². The molecule has 3 nitrogen and oxygen atoms in total. The maximum atomic E-state index is 11.5. The molecule has 0 aliphatic heterocycles. The van der Waals surface area contributed by atoms with Crippen LogP contribution in [-0.4, -0.2) is 21.6 Å². The summed E-state index contributed by atoms with van der Waals surface area (Å²) in [5.41, 5.74) is 0. The highest BCUT2D eigenvalue weighted by Gasteiger charge is 2.37. The van der Waals surface area contributed by atoms with Crippen molar-refractivity contribution in [3.63, 3.8) is 0 Å². The van der Waals surface area contributed by atoms with E-state index in [1.54, 1.807) is 0 Å². The number of rotatable bonds is 5. The minimum Gasteiger partial charge on any atom is -0.252 e. The molecule has 2 rings (SSSR count). The molecule has 2 aromatic rings. The van der Waals surface area contributed by atoms with Crippen molar-refractivity contribution in [2.24, 2.45) is 0 Å². The Bertz CT molecular complexity index is 465. The van der Waals surface area contributed by atoms with E-state index in [0.717, 1.165) is 8.85 Å². The van der Waals surface area contributed by atoms with Crippen LogP contribution in [0.1, 0.15) is 0 Å². The SMILES string of the molecule is CO[P+](=O)[O][Al]([c]1ccccc1)[c]1ccccc1. The second kappa shape index (κ2) is 6.80. The summed E-state index contributed by atoms with van der Waals surface area (Å²) >= 11 is -1.93. The Morgan fingerprint density at radius 2 is 1.33 bits per heavy atom. The summed E-state index contributed by atoms with van der Waals surface area (Å²) in [5, 5.41) is 0. The van der Waals surface area contributed by atoms with Crippen LogP contribution in [-0.2, 0) is 12.7 Å². The summed E-state index contributed by atoms with van der Waals surface area (Å²) in [7, 11) is -0.664. The normalized spacial score (nSPS) is 11.1. The maximum Gasteiger partial charge on any atom is 0.666 e. The van der Waals surface area contributed by atoms with Gasteiger partial charge in [0.15, 0.2) is 0 Å². The predicted molar refractivity (Wildman–Crippen MR) is 73.6 cm³/mol. The molecule has 0 aliphatic rings. The van der Waals surface area contributed by atoms with Gasteiger partial charge in [-0.3, -0.25) is 3.58 Å². The minimum absolute atomic E-state index is 1.09. The van der Waals surface area contributed by atoms with E-state index in [1.165, 1.54) is 7.11 Å². The van der Waals surface area contributed by atoms with Gasteiger partial charge in [0.2, 0.25) is 0 Å². The van der Waals surface area contributed by atoms with Gasteiger partial charge in [-0.15, -0.1) is 4.52 Å². The van der Waals surface area contributed by atoms with Crippen LogP contribution in [0.5, 0.6) is 0 Å². The molecule has 0 N–H and O–H groups in total. The molecule has 0 heterocycles. The molecule has 0 aliphatic carbocycles. The zero-order valence-corrected chi connectivity index (χ0v) is 12.1. The summed E-state index contributed by atoms with van der Waals surface area (Å²) in [6.45, 7) is 0. The number of hydrogen-bond acceptors (Lipinski definition) is 3. The third-order valence-corrected chi connectivity index (χ3v) is 6.36. The minimum atomic E-state index is -2.05. The fourth-order valence-electron chi connectivity index (χ4n) is 1.70. The fraction of sp³-hybridized carbons (Fsp3) is 0.0769. The van der Waals surface area contributed by atoms with Crippen LogP contribution in [0.4, 0.5) is 0 Å². The molecule has 0 fully saturated rings. The van der Waals surface area contributed by atoms with E-state index >= 15 is 0 Å². The van der Waals surface area contributed by atoms with Crippen molar-refractivity contribution in [1.82, 2.24) is 0 Å². The van der Waals surface area contributed by atoms with Crippen LogP contribution in [0.15, 0.2) is 60.7 Å². The van der Waals surface area contributed by atoms with E-state index in [2.05, 4.69) is 0 Å². The maximum absolute atomic E-state index is 11.5. The third-order valence-electron chi connectivity index (χ3n) is 2.55. The standard InChI is InChI=1S/2C6H5.CH3O3P.Al/c2*1-2-4-6-5-3-1;1-4-5(2)3;/h2*1-5H;1H3;/q;;;+1. The number of benzene rings is 2. The van der Waals surface area contributed by atoms with Gasteiger partial charge < -0.3 is 0 Å². The van der Waals surface area contributed by atoms with Gasteiger partial charge in [0, 0.05) is 4.57 Å². The van der Waals surface area contributed by atoms with Crippen molar-refractivity contribution in [3.05, 3.63) is 60.7 Å². The van der Waals surface area contributed by atoms with E-state index in [9.17, 15) is 4.57 Å². The Hall–Kier alpha value is -1.01. The first-order valence-corrected chi connectivity index (χ1v) is 8.31. The summed E-state index contributed by atoms with van der Waals surface area (Å²) in [6, 6.07) is 19.8. The molecule has 0 saturated carbocycles. The van der Waals surface area contributed by atoms with E-state index in [1.807, 2.05) is 60.7 Å². The Morgan fingerprint density at radius 1 is 0.889 bits per heavy atom. The van der Waals surface area contributed by atoms with Gasteiger partial charge in [0.1, 0.15) is 0 Å². The predicted octanol–water partition coefficient (Wildman–Crippen LogP) is 2.11. The topological polar surface area (TPSA) is 35.5 Å². The molecule has 5 heteroatoms. The molecule has 0 saturated heterocycles. The zero-order chi connectivity index (χ0) is 12.8. The number of hydrogen-bond donors (Lipinski definition) is 0. The Labute approximate surface area is 112 Å². The van der Waals surface area contributed by atoms with Crippen LogP contribution in [0.25, 0.3) is 0 Å². The Kier molecular flexibility index (Phi) is 5.07. The largest absolute Gasteiger partial charge is 0.666 e. The molecule has 2 aromatic carbocycles. The van der Waals surface area contributed by atoms with Gasteiger partial charge in [-0.25, -0.2) is 0 Å². The van der Waals surface area contributed by atoms with Crippen molar-refractivity contribution in [2.75, 3.05) is 7.11 Å². The summed E-state index contributed by atoms with van der Waals surface area (Å²) in [5.74, 6) is 0. The van der Waals surface area contributed by atoms with E-state index < -0.39 is 22.7 Å². The quantitative estimate of drug-likeness (QED) is 0.619. The van der Waals surface area contributed by atoms with E-state index in [-0.39, 0.29) is 0 Å². The molecule has 0 bridgehead atoms. The lowest BCUT2D eigenvalue weighted by atomic mass is 10.4. The Morgan fingerprint density at radius 3 is 1.72 bits per heavy atom. The molecule has 1 atom stereocenters. The van der Waals surface area contributed by atoms with Gasteiger partial charge in [0.05, 0.1) is 7.11 Å². The summed E-state index contributed by atoms with van der Waals surface area (Å²) in [4.78, 5) is 0. The average molecular weight is 275 g/mol. The second-order valence-electron chi connectivity index (χ2n) is 3.71. The van der Waals surface area contributed by atoms with Crippen LogP contribution < -0.4 is 8.85 Å². The highest BCUT2D eigenvalue weighted by molar-refractivity contribution is 7.35. The zero-order valence-electron chi connectivity index (χ0n) is 10.0. The average Bonchev–Trinajstić information content (AvgIpc) is 2.46. The first-order valence-electron chi connectivity index (χ1n) is 5.59. The van der Waals surface area contributed by atoms with Gasteiger partial charge >= 0.3 is 22.7 Å². The molecule has 0 radical (unpaired) electrons. The molecular weight excluding hydrogens is 262 g/mol. The van der Waals surface area contributed by atoms with Crippen LogP contribution >= 0.6 is 8.25 Å². The Balaban J connectivity index is 2.32. The molecule has 90 valence electrons. The highest BCUT2D eigenvalue weighted by atomic mass is 31.1.